The third-order valence-electron chi connectivity index (χ3n) is 4.73. The zero-order valence-electron chi connectivity index (χ0n) is 14.1. The van der Waals surface area contributed by atoms with E-state index in [9.17, 15) is 4.79 Å². The molecule has 0 unspecified atom stereocenters. The molecule has 0 spiro atoms. The lowest BCUT2D eigenvalue weighted by molar-refractivity contribution is -0.120. The van der Waals surface area contributed by atoms with Crippen molar-refractivity contribution in [3.8, 4) is 17.6 Å². The number of hydrogen-bond donors (Lipinski definition) is 1. The summed E-state index contributed by atoms with van der Waals surface area (Å²) in [5.74, 6) is 1.36. The molecule has 2 aromatic rings. The van der Waals surface area contributed by atoms with Crippen LogP contribution < -0.4 is 19.7 Å². The van der Waals surface area contributed by atoms with E-state index in [0.29, 0.717) is 17.2 Å². The number of nitrogens with zero attached hydrogens (tertiary/aromatic N) is 3. The summed E-state index contributed by atoms with van der Waals surface area (Å²) in [5, 5.41) is 11.8. The molecule has 132 valence electrons. The normalized spacial score (nSPS) is 16.2. The standard InChI is InChI=1S/C19H18N4O3/c20-10-15-1-3-16(11-21-15)23-7-5-13(6-8-23)19(24)22-14-2-4-17-18(9-14)26-12-25-17/h1-4,9,11,13H,5-8,12H2,(H,22,24). The third-order valence-corrected chi connectivity index (χ3v) is 4.73. The predicted molar refractivity (Wildman–Crippen MR) is 95.1 cm³/mol. The summed E-state index contributed by atoms with van der Waals surface area (Å²) < 4.78 is 10.6. The molecule has 0 bridgehead atoms. The first-order chi connectivity index (χ1) is 12.7. The van der Waals surface area contributed by atoms with Crippen molar-refractivity contribution in [3.05, 3.63) is 42.2 Å². The molecule has 2 aliphatic heterocycles. The summed E-state index contributed by atoms with van der Waals surface area (Å²) in [6.45, 7) is 1.79. The van der Waals surface area contributed by atoms with Crippen molar-refractivity contribution in [2.24, 2.45) is 5.92 Å². The van der Waals surface area contributed by atoms with E-state index in [4.69, 9.17) is 14.7 Å². The lowest BCUT2D eigenvalue weighted by Crippen LogP contribution is -2.38. The Bertz CT molecular complexity index is 852. The minimum Gasteiger partial charge on any atom is -0.454 e. The number of pyridine rings is 1. The van der Waals surface area contributed by atoms with E-state index in [1.165, 1.54) is 0 Å². The van der Waals surface area contributed by atoms with Crippen molar-refractivity contribution in [2.45, 2.75) is 12.8 Å². The summed E-state index contributed by atoms with van der Waals surface area (Å²) in [6.07, 6.45) is 3.26. The summed E-state index contributed by atoms with van der Waals surface area (Å²) in [6, 6.07) is 11.1. The van der Waals surface area contributed by atoms with Crippen molar-refractivity contribution in [1.29, 1.82) is 5.26 Å². The molecule has 1 aromatic heterocycles. The molecule has 7 heteroatoms. The highest BCUT2D eigenvalue weighted by Gasteiger charge is 2.26. The molecule has 1 aromatic carbocycles. The first-order valence-corrected chi connectivity index (χ1v) is 8.54. The van der Waals surface area contributed by atoms with Crippen molar-refractivity contribution in [3.63, 3.8) is 0 Å². The SMILES string of the molecule is N#Cc1ccc(N2CCC(C(=O)Nc3ccc4c(c3)OCO4)CC2)cn1. The van der Waals surface area contributed by atoms with Gasteiger partial charge in [0.15, 0.2) is 11.5 Å². The number of fused-ring (bicyclic) bond motifs is 1. The number of carbonyl (C=O) groups is 1. The van der Waals surface area contributed by atoms with Gasteiger partial charge in [-0.2, -0.15) is 5.26 Å². The molecule has 0 aliphatic carbocycles. The van der Waals surface area contributed by atoms with Crippen LogP contribution in [0, 0.1) is 17.2 Å². The van der Waals surface area contributed by atoms with Gasteiger partial charge in [0.1, 0.15) is 11.8 Å². The summed E-state index contributed by atoms with van der Waals surface area (Å²) in [5.41, 5.74) is 2.11. The second kappa shape index (κ2) is 6.92. The second-order valence-corrected chi connectivity index (χ2v) is 6.33. The Morgan fingerprint density at radius 1 is 1.19 bits per heavy atom. The number of nitrogens with one attached hydrogen (secondary N) is 1. The van der Waals surface area contributed by atoms with E-state index in [2.05, 4.69) is 15.2 Å². The van der Waals surface area contributed by atoms with Crippen LogP contribution in [-0.4, -0.2) is 30.8 Å². The first kappa shape index (κ1) is 16.2. The molecule has 0 atom stereocenters. The topological polar surface area (TPSA) is 87.5 Å². The van der Waals surface area contributed by atoms with Gasteiger partial charge in [-0.05, 0) is 37.1 Å². The minimum absolute atomic E-state index is 0.0250. The molecule has 2 aliphatic rings. The molecular formula is C19H18N4O3. The smallest absolute Gasteiger partial charge is 0.231 e. The van der Waals surface area contributed by atoms with Gasteiger partial charge >= 0.3 is 0 Å². The summed E-state index contributed by atoms with van der Waals surface area (Å²) in [4.78, 5) is 18.8. The average molecular weight is 350 g/mol. The Kier molecular flexibility index (Phi) is 4.32. The molecular weight excluding hydrogens is 332 g/mol. The highest BCUT2D eigenvalue weighted by atomic mass is 16.7. The number of rotatable bonds is 3. The number of carbonyl (C=O) groups excluding carboxylic acids is 1. The molecule has 7 nitrogen and oxygen atoms in total. The fraction of sp³-hybridized carbons (Fsp3) is 0.316. The van der Waals surface area contributed by atoms with Gasteiger partial charge in [-0.3, -0.25) is 4.79 Å². The van der Waals surface area contributed by atoms with Crippen molar-refractivity contribution in [1.82, 2.24) is 4.98 Å². The van der Waals surface area contributed by atoms with Crippen LogP contribution in [0.15, 0.2) is 36.5 Å². The Labute approximate surface area is 151 Å². The molecule has 3 heterocycles. The first-order valence-electron chi connectivity index (χ1n) is 8.54. The zero-order chi connectivity index (χ0) is 17.9. The van der Waals surface area contributed by atoms with Gasteiger partial charge in [0.2, 0.25) is 12.7 Å². The molecule has 0 saturated carbocycles. The van der Waals surface area contributed by atoms with E-state index in [0.717, 1.165) is 37.3 Å². The average Bonchev–Trinajstić information content (AvgIpc) is 3.16. The van der Waals surface area contributed by atoms with E-state index < -0.39 is 0 Å². The zero-order valence-corrected chi connectivity index (χ0v) is 14.1. The Morgan fingerprint density at radius 2 is 2.00 bits per heavy atom. The van der Waals surface area contributed by atoms with Crippen LogP contribution in [0.5, 0.6) is 11.5 Å². The van der Waals surface area contributed by atoms with Crippen molar-refractivity contribution >= 4 is 17.3 Å². The van der Waals surface area contributed by atoms with Gasteiger partial charge in [-0.25, -0.2) is 4.98 Å². The lowest BCUT2D eigenvalue weighted by atomic mass is 9.95. The Morgan fingerprint density at radius 3 is 2.73 bits per heavy atom. The van der Waals surface area contributed by atoms with Crippen LogP contribution in [0.1, 0.15) is 18.5 Å². The van der Waals surface area contributed by atoms with Crippen molar-refractivity contribution < 1.29 is 14.3 Å². The number of anilines is 2. The minimum atomic E-state index is -0.0250. The fourth-order valence-corrected chi connectivity index (χ4v) is 3.26. The van der Waals surface area contributed by atoms with Crippen LogP contribution in [0.2, 0.25) is 0 Å². The number of hydrogen-bond acceptors (Lipinski definition) is 6. The number of piperidine rings is 1. The monoisotopic (exact) mass is 350 g/mol. The number of aromatic nitrogens is 1. The van der Waals surface area contributed by atoms with Gasteiger partial charge in [-0.1, -0.05) is 0 Å². The quantitative estimate of drug-likeness (QED) is 0.915. The number of ether oxygens (including phenoxy) is 2. The predicted octanol–water partition coefficient (Wildman–Crippen LogP) is 2.54. The fourth-order valence-electron chi connectivity index (χ4n) is 3.26. The van der Waals surface area contributed by atoms with E-state index >= 15 is 0 Å². The van der Waals surface area contributed by atoms with Crippen molar-refractivity contribution in [2.75, 3.05) is 30.1 Å². The number of amides is 1. The molecule has 1 fully saturated rings. The van der Waals surface area contributed by atoms with Gasteiger partial charge < -0.3 is 19.7 Å². The van der Waals surface area contributed by atoms with Gasteiger partial charge in [0.25, 0.3) is 0 Å². The van der Waals surface area contributed by atoms with Gasteiger partial charge in [-0.15, -0.1) is 0 Å². The van der Waals surface area contributed by atoms with Crippen LogP contribution in [0.4, 0.5) is 11.4 Å². The maximum Gasteiger partial charge on any atom is 0.231 e. The molecule has 26 heavy (non-hydrogen) atoms. The van der Waals surface area contributed by atoms with Crippen LogP contribution in [0.25, 0.3) is 0 Å². The number of nitriles is 1. The van der Waals surface area contributed by atoms with Crippen LogP contribution in [0.3, 0.4) is 0 Å². The van der Waals surface area contributed by atoms with E-state index in [1.54, 1.807) is 24.4 Å². The Balaban J connectivity index is 1.34. The third kappa shape index (κ3) is 3.26. The molecule has 1 N–H and O–H groups in total. The van der Waals surface area contributed by atoms with Crippen LogP contribution >= 0.6 is 0 Å². The summed E-state index contributed by atoms with van der Waals surface area (Å²) >= 11 is 0. The van der Waals surface area contributed by atoms with Gasteiger partial charge in [0, 0.05) is 30.8 Å². The highest BCUT2D eigenvalue weighted by Crippen LogP contribution is 2.34. The van der Waals surface area contributed by atoms with E-state index in [-0.39, 0.29) is 18.6 Å². The summed E-state index contributed by atoms with van der Waals surface area (Å²) in [7, 11) is 0. The second-order valence-electron chi connectivity index (χ2n) is 6.33. The maximum absolute atomic E-state index is 12.5. The molecule has 1 saturated heterocycles. The molecule has 1 amide bonds. The largest absolute Gasteiger partial charge is 0.454 e. The van der Waals surface area contributed by atoms with E-state index in [1.807, 2.05) is 18.2 Å². The van der Waals surface area contributed by atoms with Crippen LogP contribution in [-0.2, 0) is 4.79 Å². The van der Waals surface area contributed by atoms with Gasteiger partial charge in [0.05, 0.1) is 11.9 Å². The molecule has 4 rings (SSSR count). The molecule has 0 radical (unpaired) electrons. The maximum atomic E-state index is 12.5. The highest BCUT2D eigenvalue weighted by molar-refractivity contribution is 5.93. The lowest BCUT2D eigenvalue weighted by Gasteiger charge is -2.32. The Hall–Kier alpha value is -3.27. The number of benzene rings is 1.